The average Bonchev–Trinajstić information content (AvgIpc) is 2.54. The maximum Gasteiger partial charge on any atom is 0.0365 e. The zero-order valence-corrected chi connectivity index (χ0v) is 13.5. The van der Waals surface area contributed by atoms with Gasteiger partial charge in [-0.2, -0.15) is 0 Å². The molecule has 21 heavy (non-hydrogen) atoms. The van der Waals surface area contributed by atoms with Crippen molar-refractivity contribution >= 4 is 26.7 Å². The lowest BCUT2D eigenvalue weighted by atomic mass is 9.95. The minimum atomic E-state index is 0.261. The second-order valence-corrected chi connectivity index (χ2v) is 5.94. The summed E-state index contributed by atoms with van der Waals surface area (Å²) in [6.07, 6.45) is 4.73. The molecule has 1 unspecified atom stereocenters. The third-order valence-corrected chi connectivity index (χ3v) is 4.60. The molecule has 1 heterocycles. The molecule has 3 heteroatoms. The lowest BCUT2D eigenvalue weighted by Gasteiger charge is -2.19. The van der Waals surface area contributed by atoms with Crippen LogP contribution in [0.15, 0.2) is 65.4 Å². The van der Waals surface area contributed by atoms with Crippen molar-refractivity contribution in [3.05, 3.63) is 76.5 Å². The molecule has 106 valence electrons. The lowest BCUT2D eigenvalue weighted by Crippen LogP contribution is -2.19. The monoisotopic (exact) mass is 340 g/mol. The van der Waals surface area contributed by atoms with Crippen LogP contribution < -0.4 is 5.32 Å². The molecule has 0 saturated carbocycles. The van der Waals surface area contributed by atoms with E-state index < -0.39 is 0 Å². The molecule has 0 amide bonds. The molecule has 1 aromatic heterocycles. The van der Waals surface area contributed by atoms with Crippen LogP contribution >= 0.6 is 15.9 Å². The fourth-order valence-electron chi connectivity index (χ4n) is 2.69. The van der Waals surface area contributed by atoms with Gasteiger partial charge < -0.3 is 5.32 Å². The highest BCUT2D eigenvalue weighted by Crippen LogP contribution is 2.28. The first-order valence-corrected chi connectivity index (χ1v) is 7.82. The van der Waals surface area contributed by atoms with Crippen LogP contribution in [-0.2, 0) is 6.42 Å². The number of pyridine rings is 1. The van der Waals surface area contributed by atoms with Crippen LogP contribution in [0.5, 0.6) is 0 Å². The maximum atomic E-state index is 4.28. The molecule has 1 N–H and O–H groups in total. The molecule has 0 radical (unpaired) electrons. The minimum absolute atomic E-state index is 0.261. The molecule has 2 aromatic carbocycles. The number of halogens is 1. The predicted molar refractivity (Wildman–Crippen MR) is 91.4 cm³/mol. The van der Waals surface area contributed by atoms with Gasteiger partial charge in [-0.1, -0.05) is 52.3 Å². The van der Waals surface area contributed by atoms with E-state index in [-0.39, 0.29) is 6.04 Å². The molecular formula is C18H17BrN2. The van der Waals surface area contributed by atoms with Gasteiger partial charge in [0.05, 0.1) is 0 Å². The van der Waals surface area contributed by atoms with Crippen molar-refractivity contribution in [2.24, 2.45) is 0 Å². The van der Waals surface area contributed by atoms with E-state index >= 15 is 0 Å². The van der Waals surface area contributed by atoms with Crippen molar-refractivity contribution in [1.82, 2.24) is 10.3 Å². The molecule has 0 aliphatic rings. The largest absolute Gasteiger partial charge is 0.313 e. The van der Waals surface area contributed by atoms with Gasteiger partial charge >= 0.3 is 0 Å². The van der Waals surface area contributed by atoms with E-state index in [0.29, 0.717) is 0 Å². The number of benzene rings is 2. The molecule has 0 bridgehead atoms. The summed E-state index contributed by atoms with van der Waals surface area (Å²) >= 11 is 3.64. The zero-order chi connectivity index (χ0) is 14.7. The van der Waals surface area contributed by atoms with Crippen LogP contribution in [0.3, 0.4) is 0 Å². The van der Waals surface area contributed by atoms with Crippen LogP contribution in [0, 0.1) is 0 Å². The smallest absolute Gasteiger partial charge is 0.0365 e. The summed E-state index contributed by atoms with van der Waals surface area (Å²) in [5.41, 5.74) is 2.59. The summed E-state index contributed by atoms with van der Waals surface area (Å²) in [5, 5.41) is 5.88. The van der Waals surface area contributed by atoms with Crippen LogP contribution in [0.1, 0.15) is 17.2 Å². The first-order chi connectivity index (χ1) is 10.3. The Morgan fingerprint density at radius 1 is 1.10 bits per heavy atom. The van der Waals surface area contributed by atoms with Gasteiger partial charge in [-0.3, -0.25) is 4.98 Å². The van der Waals surface area contributed by atoms with E-state index in [9.17, 15) is 0 Å². The number of hydrogen-bond donors (Lipinski definition) is 1. The topological polar surface area (TPSA) is 24.9 Å². The van der Waals surface area contributed by atoms with Crippen molar-refractivity contribution in [3.63, 3.8) is 0 Å². The normalized spacial score (nSPS) is 12.5. The van der Waals surface area contributed by atoms with Crippen molar-refractivity contribution < 1.29 is 0 Å². The van der Waals surface area contributed by atoms with Gasteiger partial charge in [0.2, 0.25) is 0 Å². The molecule has 1 atom stereocenters. The Kier molecular flexibility index (Phi) is 4.32. The Morgan fingerprint density at radius 2 is 1.95 bits per heavy atom. The summed E-state index contributed by atoms with van der Waals surface area (Å²) in [6, 6.07) is 17.1. The highest BCUT2D eigenvalue weighted by Gasteiger charge is 2.14. The van der Waals surface area contributed by atoms with E-state index in [2.05, 4.69) is 68.7 Å². The number of rotatable bonds is 4. The minimum Gasteiger partial charge on any atom is -0.313 e. The summed E-state index contributed by atoms with van der Waals surface area (Å²) in [7, 11) is 2.01. The second-order valence-electron chi connectivity index (χ2n) is 5.08. The molecule has 2 nitrogen and oxygen atoms in total. The van der Waals surface area contributed by atoms with Crippen molar-refractivity contribution in [3.8, 4) is 0 Å². The Bertz CT molecular complexity index is 750. The molecule has 3 rings (SSSR count). The van der Waals surface area contributed by atoms with Crippen molar-refractivity contribution in [2.45, 2.75) is 12.5 Å². The van der Waals surface area contributed by atoms with Crippen molar-refractivity contribution in [1.29, 1.82) is 0 Å². The van der Waals surface area contributed by atoms with Gasteiger partial charge in [-0.15, -0.1) is 0 Å². The molecule has 0 fully saturated rings. The highest BCUT2D eigenvalue weighted by atomic mass is 79.9. The Balaban J connectivity index is 2.01. The highest BCUT2D eigenvalue weighted by molar-refractivity contribution is 9.10. The number of nitrogens with zero attached hydrogens (tertiary/aromatic N) is 1. The SMILES string of the molecule is CNC(Cc1ccccc1Br)c1cccc2ccncc12. The zero-order valence-electron chi connectivity index (χ0n) is 11.9. The first-order valence-electron chi connectivity index (χ1n) is 7.03. The van der Waals surface area contributed by atoms with Crippen LogP contribution in [-0.4, -0.2) is 12.0 Å². The molecule has 0 aliphatic carbocycles. The quantitative estimate of drug-likeness (QED) is 0.756. The number of aromatic nitrogens is 1. The van der Waals surface area contributed by atoms with Gasteiger partial charge in [0.1, 0.15) is 0 Å². The molecule has 0 saturated heterocycles. The molecule has 0 spiro atoms. The average molecular weight is 341 g/mol. The van der Waals surface area contributed by atoms with Crippen LogP contribution in [0.4, 0.5) is 0 Å². The summed E-state index contributed by atoms with van der Waals surface area (Å²) in [4.78, 5) is 4.28. The summed E-state index contributed by atoms with van der Waals surface area (Å²) in [5.74, 6) is 0. The Hall–Kier alpha value is -1.71. The van der Waals surface area contributed by atoms with Crippen LogP contribution in [0.2, 0.25) is 0 Å². The van der Waals surface area contributed by atoms with E-state index in [1.54, 1.807) is 0 Å². The third kappa shape index (κ3) is 2.99. The van der Waals surface area contributed by atoms with E-state index in [4.69, 9.17) is 0 Å². The van der Waals surface area contributed by atoms with Crippen molar-refractivity contribution in [2.75, 3.05) is 7.05 Å². The number of fused-ring (bicyclic) bond motifs is 1. The van der Waals surface area contributed by atoms with E-state index in [1.165, 1.54) is 21.9 Å². The maximum absolute atomic E-state index is 4.28. The summed E-state index contributed by atoms with van der Waals surface area (Å²) < 4.78 is 1.16. The van der Waals surface area contributed by atoms with Gasteiger partial charge in [0.15, 0.2) is 0 Å². The van der Waals surface area contributed by atoms with E-state index in [1.807, 2.05) is 25.5 Å². The lowest BCUT2D eigenvalue weighted by molar-refractivity contribution is 0.595. The third-order valence-electron chi connectivity index (χ3n) is 3.82. The first kappa shape index (κ1) is 14.2. The predicted octanol–water partition coefficient (Wildman–Crippen LogP) is 4.50. The number of hydrogen-bond acceptors (Lipinski definition) is 2. The number of likely N-dealkylation sites (N-methyl/N-ethyl adjacent to an activating group) is 1. The molecule has 3 aromatic rings. The van der Waals surface area contributed by atoms with Gasteiger partial charge in [0, 0.05) is 28.3 Å². The summed E-state index contributed by atoms with van der Waals surface area (Å²) in [6.45, 7) is 0. The van der Waals surface area contributed by atoms with Gasteiger partial charge in [-0.05, 0) is 42.1 Å². The van der Waals surface area contributed by atoms with Gasteiger partial charge in [-0.25, -0.2) is 0 Å². The molecular weight excluding hydrogens is 324 g/mol. The number of nitrogens with one attached hydrogen (secondary N) is 1. The standard InChI is InChI=1S/C18H17BrN2/c1-20-18(11-14-5-2-3-8-17(14)19)15-7-4-6-13-9-10-21-12-16(13)15/h2-10,12,18,20H,11H2,1H3. The Labute approximate surface area is 133 Å². The fourth-order valence-corrected chi connectivity index (χ4v) is 3.14. The molecule has 0 aliphatic heterocycles. The Morgan fingerprint density at radius 3 is 2.76 bits per heavy atom. The van der Waals surface area contributed by atoms with E-state index in [0.717, 1.165) is 10.9 Å². The fraction of sp³-hybridized carbons (Fsp3) is 0.167. The van der Waals surface area contributed by atoms with Crippen LogP contribution in [0.25, 0.3) is 10.8 Å². The van der Waals surface area contributed by atoms with Gasteiger partial charge in [0.25, 0.3) is 0 Å². The second kappa shape index (κ2) is 6.37.